The van der Waals surface area contributed by atoms with E-state index in [1.807, 2.05) is 0 Å². The maximum Gasteiger partial charge on any atom is 0.244 e. The number of aliphatic imine (C=N–C) groups is 1. The Morgan fingerprint density at radius 1 is 1.36 bits per heavy atom. The molecule has 0 bridgehead atoms. The summed E-state index contributed by atoms with van der Waals surface area (Å²) in [4.78, 5) is 4.12. The predicted molar refractivity (Wildman–Crippen MR) is 66.1 cm³/mol. The fourth-order valence-corrected chi connectivity index (χ4v) is 1.69. The first-order valence-corrected chi connectivity index (χ1v) is 8.35. The van der Waals surface area contributed by atoms with E-state index in [1.54, 1.807) is 6.21 Å². The third kappa shape index (κ3) is 7.80. The fourth-order valence-electron chi connectivity index (χ4n) is 0.929. The maximum atomic E-state index is 5.57. The molecule has 0 fully saturated rings. The highest BCUT2D eigenvalue weighted by Crippen LogP contribution is 2.09. The van der Waals surface area contributed by atoms with Crippen LogP contribution in [0.25, 0.3) is 0 Å². The zero-order chi connectivity index (χ0) is 11.2. The van der Waals surface area contributed by atoms with E-state index in [0.29, 0.717) is 5.88 Å². The summed E-state index contributed by atoms with van der Waals surface area (Å²) in [7, 11) is -1.55. The molecule has 0 N–H and O–H groups in total. The molecule has 0 aliphatic rings. The summed E-state index contributed by atoms with van der Waals surface area (Å²) in [6, 6.07) is 0. The topological polar surface area (TPSA) is 21.6 Å². The molecule has 0 atom stereocenters. The number of allylic oxidation sites excluding steroid dienone is 1. The molecule has 0 heterocycles. The third-order valence-electron chi connectivity index (χ3n) is 1.39. The molecule has 0 radical (unpaired) electrons. The van der Waals surface area contributed by atoms with Crippen LogP contribution >= 0.6 is 0 Å². The van der Waals surface area contributed by atoms with Gasteiger partial charge in [-0.1, -0.05) is 19.9 Å². The Balaban J connectivity index is 4.00. The van der Waals surface area contributed by atoms with Crippen LogP contribution in [0.1, 0.15) is 19.8 Å². The molecule has 0 aromatic carbocycles. The van der Waals surface area contributed by atoms with Crippen LogP contribution in [0.5, 0.6) is 0 Å². The standard InChI is InChI=1S/C11H21NOSi/c1-7-8-10(2)9-12-11(3)13-14(4,5)6/h9H,2-3,7-8H2,1,4-6H3/b12-9+. The van der Waals surface area contributed by atoms with Gasteiger partial charge in [0.15, 0.2) is 5.88 Å². The van der Waals surface area contributed by atoms with Crippen molar-refractivity contribution >= 4 is 14.5 Å². The van der Waals surface area contributed by atoms with Crippen molar-refractivity contribution < 1.29 is 4.43 Å². The van der Waals surface area contributed by atoms with Crippen molar-refractivity contribution in [1.82, 2.24) is 0 Å². The predicted octanol–water partition coefficient (Wildman–Crippen LogP) is 3.74. The van der Waals surface area contributed by atoms with Crippen molar-refractivity contribution in [2.24, 2.45) is 4.99 Å². The smallest absolute Gasteiger partial charge is 0.244 e. The highest BCUT2D eigenvalue weighted by Gasteiger charge is 2.15. The van der Waals surface area contributed by atoms with E-state index in [-0.39, 0.29) is 0 Å². The van der Waals surface area contributed by atoms with Gasteiger partial charge >= 0.3 is 0 Å². The second-order valence-corrected chi connectivity index (χ2v) is 8.70. The maximum absolute atomic E-state index is 5.57. The second-order valence-electron chi connectivity index (χ2n) is 4.27. The molecular weight excluding hydrogens is 190 g/mol. The first-order valence-electron chi connectivity index (χ1n) is 4.95. The van der Waals surface area contributed by atoms with Gasteiger partial charge in [0, 0.05) is 6.21 Å². The summed E-state index contributed by atoms with van der Waals surface area (Å²) in [5, 5.41) is 0. The Morgan fingerprint density at radius 2 is 1.93 bits per heavy atom. The average molecular weight is 211 g/mol. The molecule has 3 heteroatoms. The van der Waals surface area contributed by atoms with Crippen molar-refractivity contribution in [2.75, 3.05) is 0 Å². The molecule has 2 nitrogen and oxygen atoms in total. The van der Waals surface area contributed by atoms with Gasteiger partial charge in [-0.3, -0.25) is 0 Å². The molecule has 0 spiro atoms. The summed E-state index contributed by atoms with van der Waals surface area (Å²) in [6.07, 6.45) is 3.81. The van der Waals surface area contributed by atoms with Gasteiger partial charge in [0.2, 0.25) is 8.32 Å². The SMILES string of the molecule is C=C(/C=N/C(=C)O[Si](C)(C)C)CCC. The molecule has 0 amide bonds. The van der Waals surface area contributed by atoms with E-state index in [4.69, 9.17) is 4.43 Å². The van der Waals surface area contributed by atoms with Crippen LogP contribution in [-0.4, -0.2) is 14.5 Å². The lowest BCUT2D eigenvalue weighted by molar-refractivity contribution is 0.421. The Hall–Kier alpha value is -0.833. The first-order chi connectivity index (χ1) is 6.35. The minimum Gasteiger partial charge on any atom is -0.532 e. The molecule has 14 heavy (non-hydrogen) atoms. The van der Waals surface area contributed by atoms with E-state index in [2.05, 4.69) is 44.7 Å². The highest BCUT2D eigenvalue weighted by atomic mass is 28.4. The van der Waals surface area contributed by atoms with Gasteiger partial charge < -0.3 is 4.43 Å². The van der Waals surface area contributed by atoms with E-state index in [9.17, 15) is 0 Å². The molecule has 0 aliphatic carbocycles. The van der Waals surface area contributed by atoms with Gasteiger partial charge in [-0.15, -0.1) is 0 Å². The number of rotatable bonds is 6. The Kier molecular flexibility index (Phi) is 5.46. The monoisotopic (exact) mass is 211 g/mol. The summed E-state index contributed by atoms with van der Waals surface area (Å²) in [5.74, 6) is 0.501. The highest BCUT2D eigenvalue weighted by molar-refractivity contribution is 6.70. The lowest BCUT2D eigenvalue weighted by Crippen LogP contribution is -2.24. The van der Waals surface area contributed by atoms with E-state index >= 15 is 0 Å². The zero-order valence-corrected chi connectivity index (χ0v) is 10.8. The van der Waals surface area contributed by atoms with Gasteiger partial charge in [-0.05, 0) is 38.2 Å². The molecule has 0 saturated carbocycles. The van der Waals surface area contributed by atoms with Gasteiger partial charge in [0.05, 0.1) is 0 Å². The van der Waals surface area contributed by atoms with Crippen LogP contribution in [0, 0.1) is 0 Å². The number of hydrogen-bond acceptors (Lipinski definition) is 2. The number of nitrogens with zero attached hydrogens (tertiary/aromatic N) is 1. The van der Waals surface area contributed by atoms with Crippen LogP contribution in [-0.2, 0) is 4.43 Å². The van der Waals surface area contributed by atoms with Crippen molar-refractivity contribution in [2.45, 2.75) is 39.4 Å². The van der Waals surface area contributed by atoms with Crippen molar-refractivity contribution in [3.8, 4) is 0 Å². The van der Waals surface area contributed by atoms with E-state index in [1.165, 1.54) is 0 Å². The lowest BCUT2D eigenvalue weighted by Gasteiger charge is -2.17. The van der Waals surface area contributed by atoms with Gasteiger partial charge in [0.1, 0.15) is 0 Å². The quantitative estimate of drug-likeness (QED) is 0.372. The lowest BCUT2D eigenvalue weighted by atomic mass is 10.2. The minimum absolute atomic E-state index is 0.501. The van der Waals surface area contributed by atoms with E-state index in [0.717, 1.165) is 18.4 Å². The molecule has 0 aliphatic heterocycles. The van der Waals surface area contributed by atoms with Crippen LogP contribution < -0.4 is 0 Å². The largest absolute Gasteiger partial charge is 0.532 e. The second kappa shape index (κ2) is 5.80. The van der Waals surface area contributed by atoms with Crippen LogP contribution in [0.3, 0.4) is 0 Å². The molecule has 0 saturated heterocycles. The zero-order valence-electron chi connectivity index (χ0n) is 9.76. The van der Waals surface area contributed by atoms with Gasteiger partial charge in [-0.2, -0.15) is 0 Å². The fraction of sp³-hybridized carbons (Fsp3) is 0.545. The Morgan fingerprint density at radius 3 is 2.36 bits per heavy atom. The summed E-state index contributed by atoms with van der Waals surface area (Å²) < 4.78 is 5.57. The summed E-state index contributed by atoms with van der Waals surface area (Å²) in [5.41, 5.74) is 1.02. The van der Waals surface area contributed by atoms with Gasteiger partial charge in [0.25, 0.3) is 0 Å². The average Bonchev–Trinajstić information content (AvgIpc) is 1.98. The molecule has 0 unspecified atom stereocenters. The molecule has 0 rings (SSSR count). The normalized spacial score (nSPS) is 11.7. The van der Waals surface area contributed by atoms with E-state index < -0.39 is 8.32 Å². The van der Waals surface area contributed by atoms with Crippen LogP contribution in [0.15, 0.2) is 29.6 Å². The molecule has 0 aromatic heterocycles. The number of hydrogen-bond donors (Lipinski definition) is 0. The van der Waals surface area contributed by atoms with Crippen molar-refractivity contribution in [1.29, 1.82) is 0 Å². The Labute approximate surface area is 88.5 Å². The molecule has 0 aromatic rings. The summed E-state index contributed by atoms with van der Waals surface area (Å²) >= 11 is 0. The Bertz CT molecular complexity index is 238. The minimum atomic E-state index is -1.55. The summed E-state index contributed by atoms with van der Waals surface area (Å²) in [6.45, 7) is 16.1. The molecule has 80 valence electrons. The van der Waals surface area contributed by atoms with Crippen molar-refractivity contribution in [3.63, 3.8) is 0 Å². The van der Waals surface area contributed by atoms with Gasteiger partial charge in [-0.25, -0.2) is 4.99 Å². The van der Waals surface area contributed by atoms with Crippen molar-refractivity contribution in [3.05, 3.63) is 24.6 Å². The first kappa shape index (κ1) is 13.2. The van der Waals surface area contributed by atoms with Crippen LogP contribution in [0.2, 0.25) is 19.6 Å². The third-order valence-corrected chi connectivity index (χ3v) is 2.23. The molecular formula is C11H21NOSi. The van der Waals surface area contributed by atoms with Crippen LogP contribution in [0.4, 0.5) is 0 Å².